The van der Waals surface area contributed by atoms with Gasteiger partial charge in [0.05, 0.1) is 30.8 Å². The molecule has 1 aromatic carbocycles. The first-order chi connectivity index (χ1) is 9.52. The molecule has 1 aliphatic heterocycles. The Bertz CT molecular complexity index is 556. The summed E-state index contributed by atoms with van der Waals surface area (Å²) in [5, 5.41) is 18.1. The highest BCUT2D eigenvalue weighted by Gasteiger charge is 2.36. The Morgan fingerprint density at radius 3 is 3.00 bits per heavy atom. The van der Waals surface area contributed by atoms with Gasteiger partial charge in [0.1, 0.15) is 5.82 Å². The van der Waals surface area contributed by atoms with Crippen molar-refractivity contribution in [1.29, 1.82) is 5.26 Å². The third-order valence-corrected chi connectivity index (χ3v) is 3.54. The molecule has 1 fully saturated rings. The summed E-state index contributed by atoms with van der Waals surface area (Å²) in [6, 6.07) is 5.71. The molecule has 1 saturated heterocycles. The quantitative estimate of drug-likeness (QED) is 0.896. The average molecular weight is 278 g/mol. The Labute approximate surface area is 116 Å². The molecule has 0 bridgehead atoms. The van der Waals surface area contributed by atoms with E-state index in [-0.39, 0.29) is 12.6 Å². The van der Waals surface area contributed by atoms with Crippen molar-refractivity contribution in [3.63, 3.8) is 0 Å². The average Bonchev–Trinajstić information content (AvgIpc) is 2.88. The van der Waals surface area contributed by atoms with Crippen molar-refractivity contribution in [1.82, 2.24) is 4.90 Å². The predicted octanol–water partition coefficient (Wildman–Crippen LogP) is 1.23. The molecule has 20 heavy (non-hydrogen) atoms. The van der Waals surface area contributed by atoms with Crippen LogP contribution in [0.25, 0.3) is 0 Å². The number of ether oxygens (including phenoxy) is 1. The SMILES string of the molecule is CN(Cc1cc(F)ccc1C#N)C1COCC1C(=O)O. The number of nitrogens with zero attached hydrogens (tertiary/aromatic N) is 2. The number of carbonyl (C=O) groups is 1. The van der Waals surface area contributed by atoms with Crippen LogP contribution < -0.4 is 0 Å². The molecule has 0 saturated carbocycles. The number of hydrogen-bond donors (Lipinski definition) is 1. The number of rotatable bonds is 4. The van der Waals surface area contributed by atoms with Crippen molar-refractivity contribution in [2.24, 2.45) is 5.92 Å². The summed E-state index contributed by atoms with van der Waals surface area (Å²) in [5.74, 6) is -1.91. The van der Waals surface area contributed by atoms with Crippen LogP contribution in [0.2, 0.25) is 0 Å². The lowest BCUT2D eigenvalue weighted by molar-refractivity contribution is -0.143. The molecule has 0 spiro atoms. The topological polar surface area (TPSA) is 73.6 Å². The number of aliphatic carboxylic acids is 1. The molecule has 106 valence electrons. The Hall–Kier alpha value is -1.97. The first kappa shape index (κ1) is 14.4. The van der Waals surface area contributed by atoms with Gasteiger partial charge in [-0.25, -0.2) is 4.39 Å². The van der Waals surface area contributed by atoms with Crippen molar-refractivity contribution in [2.45, 2.75) is 12.6 Å². The molecule has 1 aliphatic rings. The van der Waals surface area contributed by atoms with Gasteiger partial charge in [0.25, 0.3) is 0 Å². The molecule has 1 aromatic rings. The monoisotopic (exact) mass is 278 g/mol. The van der Waals surface area contributed by atoms with Crippen molar-refractivity contribution >= 4 is 5.97 Å². The number of likely N-dealkylation sites (N-methyl/N-ethyl adjacent to an activating group) is 1. The lowest BCUT2D eigenvalue weighted by Crippen LogP contribution is -2.40. The highest BCUT2D eigenvalue weighted by molar-refractivity contribution is 5.71. The Balaban J connectivity index is 2.16. The Morgan fingerprint density at radius 1 is 1.60 bits per heavy atom. The van der Waals surface area contributed by atoms with Crippen LogP contribution in [-0.2, 0) is 16.1 Å². The zero-order chi connectivity index (χ0) is 14.7. The first-order valence-corrected chi connectivity index (χ1v) is 6.22. The number of hydrogen-bond acceptors (Lipinski definition) is 4. The summed E-state index contributed by atoms with van der Waals surface area (Å²) in [7, 11) is 1.75. The highest BCUT2D eigenvalue weighted by Crippen LogP contribution is 2.22. The molecule has 2 rings (SSSR count). The molecule has 1 N–H and O–H groups in total. The Kier molecular flexibility index (Phi) is 4.32. The van der Waals surface area contributed by atoms with Gasteiger partial charge < -0.3 is 9.84 Å². The summed E-state index contributed by atoms with van der Waals surface area (Å²) < 4.78 is 18.5. The minimum Gasteiger partial charge on any atom is -0.481 e. The fourth-order valence-corrected chi connectivity index (χ4v) is 2.40. The van der Waals surface area contributed by atoms with Gasteiger partial charge in [-0.05, 0) is 30.8 Å². The van der Waals surface area contributed by atoms with Crippen molar-refractivity contribution in [2.75, 3.05) is 20.3 Å². The summed E-state index contributed by atoms with van der Waals surface area (Å²) in [6.07, 6.45) is 0. The van der Waals surface area contributed by atoms with Gasteiger partial charge in [-0.2, -0.15) is 5.26 Å². The molecule has 0 aliphatic carbocycles. The van der Waals surface area contributed by atoms with E-state index in [1.54, 1.807) is 11.9 Å². The molecule has 0 amide bonds. The lowest BCUT2D eigenvalue weighted by Gasteiger charge is -2.26. The molecule has 1 heterocycles. The van der Waals surface area contributed by atoms with Crippen molar-refractivity contribution in [3.8, 4) is 6.07 Å². The van der Waals surface area contributed by atoms with Gasteiger partial charge in [0.2, 0.25) is 0 Å². The standard InChI is InChI=1S/C14H15FN2O3/c1-17(13-8-20-7-12(13)14(18)19)6-10-4-11(15)3-2-9(10)5-16/h2-4,12-13H,6-8H2,1H3,(H,18,19). The van der Waals surface area contributed by atoms with E-state index in [2.05, 4.69) is 0 Å². The zero-order valence-corrected chi connectivity index (χ0v) is 11.0. The van der Waals surface area contributed by atoms with Gasteiger partial charge in [-0.1, -0.05) is 0 Å². The maximum Gasteiger partial charge on any atom is 0.310 e. The smallest absolute Gasteiger partial charge is 0.310 e. The van der Waals surface area contributed by atoms with E-state index in [1.165, 1.54) is 18.2 Å². The summed E-state index contributed by atoms with van der Waals surface area (Å²) in [6.45, 7) is 0.807. The second-order valence-corrected chi connectivity index (χ2v) is 4.88. The summed E-state index contributed by atoms with van der Waals surface area (Å²) in [4.78, 5) is 12.9. The van der Waals surface area contributed by atoms with E-state index in [9.17, 15) is 9.18 Å². The molecular weight excluding hydrogens is 263 g/mol. The number of halogens is 1. The number of benzene rings is 1. The van der Waals surface area contributed by atoms with Gasteiger partial charge >= 0.3 is 5.97 Å². The van der Waals surface area contributed by atoms with Crippen LogP contribution in [0.5, 0.6) is 0 Å². The van der Waals surface area contributed by atoms with Crippen LogP contribution in [0.1, 0.15) is 11.1 Å². The van der Waals surface area contributed by atoms with E-state index in [0.29, 0.717) is 24.3 Å². The molecular formula is C14H15FN2O3. The molecule has 0 aromatic heterocycles. The van der Waals surface area contributed by atoms with E-state index in [0.717, 1.165) is 0 Å². The number of carboxylic acid groups (broad SMARTS) is 1. The van der Waals surface area contributed by atoms with Gasteiger partial charge in [0.15, 0.2) is 0 Å². The van der Waals surface area contributed by atoms with Crippen LogP contribution in [0, 0.1) is 23.1 Å². The second-order valence-electron chi connectivity index (χ2n) is 4.88. The summed E-state index contributed by atoms with van der Waals surface area (Å²) in [5.41, 5.74) is 0.940. The van der Waals surface area contributed by atoms with Crippen LogP contribution in [-0.4, -0.2) is 42.3 Å². The van der Waals surface area contributed by atoms with Crippen LogP contribution in [0.4, 0.5) is 4.39 Å². The van der Waals surface area contributed by atoms with Crippen LogP contribution >= 0.6 is 0 Å². The van der Waals surface area contributed by atoms with Crippen molar-refractivity contribution in [3.05, 3.63) is 35.1 Å². The second kappa shape index (κ2) is 5.99. The number of carboxylic acids is 1. The highest BCUT2D eigenvalue weighted by atomic mass is 19.1. The van der Waals surface area contributed by atoms with E-state index < -0.39 is 17.7 Å². The fraction of sp³-hybridized carbons (Fsp3) is 0.429. The van der Waals surface area contributed by atoms with Gasteiger partial charge in [-0.15, -0.1) is 0 Å². The first-order valence-electron chi connectivity index (χ1n) is 6.22. The van der Waals surface area contributed by atoms with E-state index >= 15 is 0 Å². The third kappa shape index (κ3) is 2.95. The fourth-order valence-electron chi connectivity index (χ4n) is 2.40. The minimum absolute atomic E-state index is 0.179. The van der Waals surface area contributed by atoms with E-state index in [4.69, 9.17) is 15.1 Å². The molecule has 5 nitrogen and oxygen atoms in total. The van der Waals surface area contributed by atoms with Crippen LogP contribution in [0.15, 0.2) is 18.2 Å². The van der Waals surface area contributed by atoms with E-state index in [1.807, 2.05) is 6.07 Å². The molecule has 6 heteroatoms. The van der Waals surface area contributed by atoms with Gasteiger partial charge in [0, 0.05) is 12.6 Å². The third-order valence-electron chi connectivity index (χ3n) is 3.54. The minimum atomic E-state index is -0.904. The molecule has 0 radical (unpaired) electrons. The van der Waals surface area contributed by atoms with Gasteiger partial charge in [-0.3, -0.25) is 9.69 Å². The summed E-state index contributed by atoms with van der Waals surface area (Å²) >= 11 is 0. The van der Waals surface area contributed by atoms with Crippen molar-refractivity contribution < 1.29 is 19.0 Å². The lowest BCUT2D eigenvalue weighted by atomic mass is 10.0. The predicted molar refractivity (Wildman–Crippen MR) is 68.3 cm³/mol. The van der Waals surface area contributed by atoms with Crippen LogP contribution in [0.3, 0.4) is 0 Å². The normalized spacial score (nSPS) is 21.9. The molecule has 2 atom stereocenters. The molecule has 2 unspecified atom stereocenters. The largest absolute Gasteiger partial charge is 0.481 e. The number of nitriles is 1. The Morgan fingerprint density at radius 2 is 2.35 bits per heavy atom. The maximum atomic E-state index is 13.3. The maximum absolute atomic E-state index is 13.3. The zero-order valence-electron chi connectivity index (χ0n) is 11.0.